The van der Waals surface area contributed by atoms with Crippen molar-refractivity contribution in [3.63, 3.8) is 0 Å². The summed E-state index contributed by atoms with van der Waals surface area (Å²) in [4.78, 5) is 20.6. The number of thiazole rings is 1. The number of nitrogens with one attached hydrogen (secondary N) is 1. The number of anilines is 1. The maximum atomic E-state index is 13.2. The van der Waals surface area contributed by atoms with Crippen LogP contribution in [0.5, 0.6) is 0 Å². The van der Waals surface area contributed by atoms with Gasteiger partial charge in [-0.25, -0.2) is 4.98 Å². The number of carbonyl (C=O) groups excluding carboxylic acids is 1. The average molecular weight is 363 g/mol. The zero-order valence-corrected chi connectivity index (χ0v) is 15.6. The van der Waals surface area contributed by atoms with E-state index >= 15 is 0 Å². The van der Waals surface area contributed by atoms with Gasteiger partial charge in [0.1, 0.15) is 0 Å². The topological polar surface area (TPSA) is 45.2 Å². The lowest BCUT2D eigenvalue weighted by Gasteiger charge is -2.22. The molecule has 26 heavy (non-hydrogen) atoms. The molecule has 0 fully saturated rings. The molecular weight excluding hydrogens is 342 g/mol. The van der Waals surface area contributed by atoms with E-state index in [9.17, 15) is 4.79 Å². The fraction of sp³-hybridized carbons (Fsp3) is 0.238. The fourth-order valence-corrected chi connectivity index (χ4v) is 4.16. The molecule has 4 nitrogen and oxygen atoms in total. The summed E-state index contributed by atoms with van der Waals surface area (Å²) < 4.78 is 0. The van der Waals surface area contributed by atoms with Gasteiger partial charge in [0.05, 0.1) is 5.01 Å². The molecule has 1 aromatic heterocycles. The van der Waals surface area contributed by atoms with Crippen molar-refractivity contribution >= 4 is 22.9 Å². The summed E-state index contributed by atoms with van der Waals surface area (Å²) in [5.74, 6) is 0.0588. The Balaban J connectivity index is 1.61. The second kappa shape index (κ2) is 7.40. The number of carbonyl (C=O) groups is 1. The SMILES string of the molecule is Cc1ncc(Cc2cccc(C(=O)N3CCNCc4ccccc43)c2)s1. The second-order valence-electron chi connectivity index (χ2n) is 6.49. The minimum atomic E-state index is 0.0588. The number of hydrogen-bond acceptors (Lipinski definition) is 4. The van der Waals surface area contributed by atoms with Crippen molar-refractivity contribution in [2.24, 2.45) is 0 Å². The van der Waals surface area contributed by atoms with E-state index in [0.29, 0.717) is 6.54 Å². The molecule has 3 aromatic rings. The summed E-state index contributed by atoms with van der Waals surface area (Å²) in [6.45, 7) is 4.28. The van der Waals surface area contributed by atoms with E-state index in [4.69, 9.17) is 0 Å². The number of fused-ring (bicyclic) bond motifs is 1. The highest BCUT2D eigenvalue weighted by atomic mass is 32.1. The quantitative estimate of drug-likeness (QED) is 0.770. The molecule has 0 aliphatic carbocycles. The summed E-state index contributed by atoms with van der Waals surface area (Å²) in [7, 11) is 0. The first-order valence-electron chi connectivity index (χ1n) is 8.81. The van der Waals surface area contributed by atoms with Crippen molar-refractivity contribution in [3.05, 3.63) is 81.3 Å². The molecule has 132 valence electrons. The van der Waals surface area contributed by atoms with Crippen LogP contribution in [0.2, 0.25) is 0 Å². The van der Waals surface area contributed by atoms with Crippen LogP contribution in [0.25, 0.3) is 0 Å². The molecule has 4 rings (SSSR count). The van der Waals surface area contributed by atoms with Gasteiger partial charge in [0.15, 0.2) is 0 Å². The highest BCUT2D eigenvalue weighted by Gasteiger charge is 2.22. The normalized spacial score (nSPS) is 14.0. The molecule has 0 atom stereocenters. The number of amides is 1. The number of benzene rings is 2. The fourth-order valence-electron chi connectivity index (χ4n) is 3.33. The van der Waals surface area contributed by atoms with Crippen molar-refractivity contribution in [1.29, 1.82) is 0 Å². The average Bonchev–Trinajstić information content (AvgIpc) is 2.94. The minimum absolute atomic E-state index is 0.0588. The van der Waals surface area contributed by atoms with Crippen LogP contribution >= 0.6 is 11.3 Å². The Hall–Kier alpha value is -2.50. The van der Waals surface area contributed by atoms with Crippen LogP contribution in [-0.4, -0.2) is 24.0 Å². The first-order valence-corrected chi connectivity index (χ1v) is 9.63. The highest BCUT2D eigenvalue weighted by Crippen LogP contribution is 2.25. The lowest BCUT2D eigenvalue weighted by molar-refractivity contribution is 0.0987. The molecule has 2 heterocycles. The number of aromatic nitrogens is 1. The van der Waals surface area contributed by atoms with E-state index < -0.39 is 0 Å². The molecule has 1 amide bonds. The van der Waals surface area contributed by atoms with E-state index in [0.717, 1.165) is 46.9 Å². The molecular formula is C21H21N3OS. The molecule has 1 N–H and O–H groups in total. The molecule has 1 aliphatic rings. The molecule has 0 saturated heterocycles. The largest absolute Gasteiger partial charge is 0.311 e. The van der Waals surface area contributed by atoms with Gasteiger partial charge >= 0.3 is 0 Å². The van der Waals surface area contributed by atoms with Crippen LogP contribution in [-0.2, 0) is 13.0 Å². The zero-order valence-electron chi connectivity index (χ0n) is 14.7. The Morgan fingerprint density at radius 2 is 2.12 bits per heavy atom. The zero-order chi connectivity index (χ0) is 17.9. The van der Waals surface area contributed by atoms with Gasteiger partial charge in [0.25, 0.3) is 5.91 Å². The Kier molecular flexibility index (Phi) is 4.82. The van der Waals surface area contributed by atoms with Crippen LogP contribution in [0.3, 0.4) is 0 Å². The molecule has 0 unspecified atom stereocenters. The summed E-state index contributed by atoms with van der Waals surface area (Å²) >= 11 is 1.70. The Morgan fingerprint density at radius 1 is 1.23 bits per heavy atom. The summed E-state index contributed by atoms with van der Waals surface area (Å²) in [6.07, 6.45) is 2.73. The van der Waals surface area contributed by atoms with E-state index in [1.807, 2.05) is 54.4 Å². The molecule has 1 aliphatic heterocycles. The van der Waals surface area contributed by atoms with Gasteiger partial charge in [-0.2, -0.15) is 0 Å². The van der Waals surface area contributed by atoms with Gasteiger partial charge < -0.3 is 10.2 Å². The van der Waals surface area contributed by atoms with Gasteiger partial charge in [0, 0.05) is 48.4 Å². The standard InChI is InChI=1S/C21H21N3OS/c1-15-23-14-19(26-15)12-16-5-4-7-17(11-16)21(25)24-10-9-22-13-18-6-2-3-8-20(18)24/h2-8,11,14,22H,9-10,12-13H2,1H3. The summed E-state index contributed by atoms with van der Waals surface area (Å²) in [5, 5.41) is 4.46. The van der Waals surface area contributed by atoms with E-state index in [2.05, 4.69) is 22.4 Å². The van der Waals surface area contributed by atoms with Crippen LogP contribution < -0.4 is 10.2 Å². The lowest BCUT2D eigenvalue weighted by atomic mass is 10.1. The predicted molar refractivity (Wildman–Crippen MR) is 106 cm³/mol. The first kappa shape index (κ1) is 16.9. The monoisotopic (exact) mass is 363 g/mol. The summed E-state index contributed by atoms with van der Waals surface area (Å²) in [5.41, 5.74) is 4.04. The molecule has 0 saturated carbocycles. The Labute approximate surface area is 157 Å². The van der Waals surface area contributed by atoms with Gasteiger partial charge in [-0.3, -0.25) is 4.79 Å². The Bertz CT molecular complexity index is 934. The van der Waals surface area contributed by atoms with Crippen LogP contribution in [0, 0.1) is 6.92 Å². The minimum Gasteiger partial charge on any atom is -0.311 e. The third-order valence-corrected chi connectivity index (χ3v) is 5.49. The second-order valence-corrected chi connectivity index (χ2v) is 7.80. The predicted octanol–water partition coefficient (Wildman–Crippen LogP) is 3.79. The molecule has 5 heteroatoms. The third-order valence-electron chi connectivity index (χ3n) is 4.58. The van der Waals surface area contributed by atoms with Crippen LogP contribution in [0.4, 0.5) is 5.69 Å². The maximum absolute atomic E-state index is 13.2. The number of hydrogen-bond donors (Lipinski definition) is 1. The number of para-hydroxylation sites is 1. The van der Waals surface area contributed by atoms with Gasteiger partial charge in [-0.05, 0) is 36.2 Å². The molecule has 0 radical (unpaired) electrons. The van der Waals surface area contributed by atoms with Crippen molar-refractivity contribution in [1.82, 2.24) is 10.3 Å². The van der Waals surface area contributed by atoms with Gasteiger partial charge in [0.2, 0.25) is 0 Å². The number of nitrogens with zero attached hydrogens (tertiary/aromatic N) is 2. The van der Waals surface area contributed by atoms with Gasteiger partial charge in [-0.15, -0.1) is 11.3 Å². The third kappa shape index (κ3) is 3.54. The van der Waals surface area contributed by atoms with Crippen LogP contribution in [0.1, 0.15) is 31.4 Å². The van der Waals surface area contributed by atoms with E-state index in [1.54, 1.807) is 11.3 Å². The summed E-state index contributed by atoms with van der Waals surface area (Å²) in [6, 6.07) is 16.1. The first-order chi connectivity index (χ1) is 12.7. The molecule has 2 aromatic carbocycles. The lowest BCUT2D eigenvalue weighted by Crippen LogP contribution is -2.34. The van der Waals surface area contributed by atoms with Crippen molar-refractivity contribution in [3.8, 4) is 0 Å². The maximum Gasteiger partial charge on any atom is 0.258 e. The molecule has 0 spiro atoms. The van der Waals surface area contributed by atoms with Crippen molar-refractivity contribution < 1.29 is 4.79 Å². The number of aryl methyl sites for hydroxylation is 1. The smallest absolute Gasteiger partial charge is 0.258 e. The molecule has 0 bridgehead atoms. The Morgan fingerprint density at radius 3 is 2.96 bits per heavy atom. The number of rotatable bonds is 3. The van der Waals surface area contributed by atoms with Crippen molar-refractivity contribution in [2.45, 2.75) is 19.9 Å². The van der Waals surface area contributed by atoms with Crippen molar-refractivity contribution in [2.75, 3.05) is 18.0 Å². The van der Waals surface area contributed by atoms with E-state index in [1.165, 1.54) is 4.88 Å². The van der Waals surface area contributed by atoms with Gasteiger partial charge in [-0.1, -0.05) is 30.3 Å². The van der Waals surface area contributed by atoms with E-state index in [-0.39, 0.29) is 5.91 Å². The highest BCUT2D eigenvalue weighted by molar-refractivity contribution is 7.11. The van der Waals surface area contributed by atoms with Crippen LogP contribution in [0.15, 0.2) is 54.7 Å².